The van der Waals surface area contributed by atoms with Gasteiger partial charge < -0.3 is 87.1 Å². The number of carbonyl (C=O) groups excluding carboxylic acids is 4. The SMILES string of the molecule is Cc1ccc(-c2ccc3cc(C(=O)NC[C@@H](N)CCCN)[nH]c3c2)c(Cl)c1.Cc1ccc(-c2ccc3cc(C(=O)NC[C@@H](N)CCCN)[nH]c3c2)c(F)c1.Cc1ccc(-c2ccc3cc(C(=O)NC[C@@H](N)CCCN)[nH]c3c2)cc1Cl.Cc1cccc(-c2ccc3cc(C(=O)NC[C@@H](N)CCCN)[nH]c3c2)c1. The molecule has 8 aromatic carbocycles. The smallest absolute Gasteiger partial charge is 0.267 e. The molecular weight excluding hydrogens is 1390 g/mol. The molecule has 0 aliphatic carbocycles. The van der Waals surface area contributed by atoms with Gasteiger partial charge in [-0.1, -0.05) is 138 Å². The molecule has 0 fully saturated rings. The zero-order valence-corrected chi connectivity index (χ0v) is 62.8. The summed E-state index contributed by atoms with van der Waals surface area (Å²) in [5.41, 5.74) is 63.3. The Morgan fingerprint density at radius 2 is 0.673 bits per heavy atom. The molecule has 0 aliphatic heterocycles. The second-order valence-electron chi connectivity index (χ2n) is 27.3. The number of hydrogen-bond donors (Lipinski definition) is 16. The Morgan fingerprint density at radius 1 is 0.355 bits per heavy atom. The molecule has 0 bridgehead atoms. The molecule has 0 saturated carbocycles. The molecule has 4 heterocycles. The van der Waals surface area contributed by atoms with Crippen molar-refractivity contribution >= 4 is 90.4 Å². The van der Waals surface area contributed by atoms with E-state index in [0.717, 1.165) is 150 Å². The fourth-order valence-corrected chi connectivity index (χ4v) is 12.7. The number of benzene rings is 8. The lowest BCUT2D eigenvalue weighted by atomic mass is 10.0. The summed E-state index contributed by atoms with van der Waals surface area (Å²) in [5.74, 6) is -0.928. The quantitative estimate of drug-likeness (QED) is 0.0218. The average molecular weight is 1490 g/mol. The van der Waals surface area contributed by atoms with Crippen molar-refractivity contribution in [2.24, 2.45) is 45.9 Å². The molecule has 20 nitrogen and oxygen atoms in total. The maximum absolute atomic E-state index is 14.2. The molecule has 12 aromatic rings. The van der Waals surface area contributed by atoms with E-state index in [1.807, 2.05) is 142 Å². The molecule has 4 aromatic heterocycles. The van der Waals surface area contributed by atoms with Gasteiger partial charge in [0.2, 0.25) is 0 Å². The molecule has 12 rings (SSSR count). The van der Waals surface area contributed by atoms with Crippen LogP contribution >= 0.6 is 23.2 Å². The largest absolute Gasteiger partial charge is 0.351 e. The monoisotopic (exact) mass is 1490 g/mol. The van der Waals surface area contributed by atoms with E-state index in [2.05, 4.69) is 84.5 Å². The number of hydrogen-bond acceptors (Lipinski definition) is 12. The first-order chi connectivity index (χ1) is 51.5. The number of carbonyl (C=O) groups is 4. The van der Waals surface area contributed by atoms with Crippen LogP contribution in [0.15, 0.2) is 176 Å². The standard InChI is InChI=1S/2C21H25ClN4O.C21H25FN4O.C21H26N4O/c1-13-4-7-17(18(22)9-13)14-5-6-15-11-20(26-19(15)10-14)21(27)25-12-16(24)3-2-8-23;1-13-4-5-14(9-18(13)22)15-6-7-16-11-20(26-19(16)10-15)21(27)25-12-17(24)3-2-8-23;1-13-4-7-17(18(22)9-13)14-5-6-15-11-20(26-19(15)10-14)21(27)25-12-16(24)3-2-8-23;1-14-4-2-5-15(10-14)16-7-8-17-12-20(25-19(17)11-16)21(26)24-13-18(23)6-3-9-22/h4-7,9-11,16,26H,2-3,8,12,23-24H2,1H3,(H,25,27);4-7,9-11,17,26H,2-3,8,12,23-24H2,1H3,(H,25,27);4-7,9-11,16,26H,2-3,8,12,23-24H2,1H3,(H,25,27);2,4-5,7-8,10-12,18,25H,3,6,9,13,22-23H2,1H3,(H,24,26)/t16-;17-;16-;18-/m0000/s1. The molecule has 107 heavy (non-hydrogen) atoms. The predicted molar refractivity (Wildman–Crippen MR) is 438 cm³/mol. The van der Waals surface area contributed by atoms with Crippen molar-refractivity contribution in [3.8, 4) is 44.5 Å². The van der Waals surface area contributed by atoms with E-state index in [0.29, 0.717) is 85.7 Å². The molecule has 562 valence electrons. The van der Waals surface area contributed by atoms with Gasteiger partial charge >= 0.3 is 0 Å². The van der Waals surface area contributed by atoms with Crippen molar-refractivity contribution in [1.82, 2.24) is 41.2 Å². The minimum Gasteiger partial charge on any atom is -0.351 e. The Morgan fingerprint density at radius 3 is 1.03 bits per heavy atom. The number of amides is 4. The lowest BCUT2D eigenvalue weighted by molar-refractivity contribution is 0.0938. The van der Waals surface area contributed by atoms with E-state index >= 15 is 0 Å². The van der Waals surface area contributed by atoms with Gasteiger partial charge in [-0.05, 0) is 222 Å². The Hall–Kier alpha value is -10.0. The summed E-state index contributed by atoms with van der Waals surface area (Å²) < 4.78 is 14.2. The third kappa shape index (κ3) is 23.2. The van der Waals surface area contributed by atoms with E-state index < -0.39 is 0 Å². The summed E-state index contributed by atoms with van der Waals surface area (Å²) in [6.45, 7) is 12.1. The first-order valence-corrected chi connectivity index (χ1v) is 37.1. The van der Waals surface area contributed by atoms with Gasteiger partial charge in [-0.25, -0.2) is 4.39 Å². The average Bonchev–Trinajstić information content (AvgIpc) is 1.72. The summed E-state index contributed by atoms with van der Waals surface area (Å²) in [6, 6.07) is 56.4. The number of aryl methyl sites for hydroxylation is 4. The summed E-state index contributed by atoms with van der Waals surface area (Å²) in [7, 11) is 0. The minimum absolute atomic E-state index is 0.0696. The summed E-state index contributed by atoms with van der Waals surface area (Å²) >= 11 is 12.6. The number of H-pyrrole nitrogens is 4. The molecular formula is C84H101Cl2FN16O4. The maximum atomic E-state index is 14.2. The molecule has 23 heteroatoms. The van der Waals surface area contributed by atoms with Crippen LogP contribution in [-0.2, 0) is 0 Å². The van der Waals surface area contributed by atoms with Gasteiger partial charge in [0.15, 0.2) is 0 Å². The predicted octanol–water partition coefficient (Wildman–Crippen LogP) is 13.2. The van der Waals surface area contributed by atoms with Gasteiger partial charge in [0.05, 0.1) is 0 Å². The van der Waals surface area contributed by atoms with Crippen LogP contribution in [-0.4, -0.2) is 120 Å². The van der Waals surface area contributed by atoms with Crippen LogP contribution in [0.2, 0.25) is 10.0 Å². The van der Waals surface area contributed by atoms with E-state index in [1.54, 1.807) is 12.1 Å². The number of aromatic nitrogens is 4. The van der Waals surface area contributed by atoms with E-state index in [-0.39, 0.29) is 53.6 Å². The first kappa shape index (κ1) is 81.1. The maximum Gasteiger partial charge on any atom is 0.267 e. The number of halogens is 3. The number of fused-ring (bicyclic) bond motifs is 4. The zero-order valence-electron chi connectivity index (χ0n) is 61.3. The van der Waals surface area contributed by atoms with Crippen LogP contribution in [0, 0.1) is 33.5 Å². The summed E-state index contributed by atoms with van der Waals surface area (Å²) in [5, 5.41) is 16.8. The van der Waals surface area contributed by atoms with Crippen LogP contribution in [0.3, 0.4) is 0 Å². The molecule has 0 radical (unpaired) electrons. The van der Waals surface area contributed by atoms with Crippen LogP contribution in [0.1, 0.15) is 116 Å². The molecule has 4 amide bonds. The molecule has 0 spiro atoms. The van der Waals surface area contributed by atoms with E-state index in [4.69, 9.17) is 69.1 Å². The van der Waals surface area contributed by atoms with Crippen molar-refractivity contribution in [2.45, 2.75) is 103 Å². The topological polar surface area (TPSA) is 388 Å². The second kappa shape index (κ2) is 39.5. The molecule has 0 aliphatic rings. The minimum atomic E-state index is -0.259. The van der Waals surface area contributed by atoms with Crippen molar-refractivity contribution in [3.63, 3.8) is 0 Å². The van der Waals surface area contributed by atoms with Crippen molar-refractivity contribution in [2.75, 3.05) is 52.4 Å². The normalized spacial score (nSPS) is 12.3. The summed E-state index contributed by atoms with van der Waals surface area (Å²) in [6.07, 6.45) is 6.59. The van der Waals surface area contributed by atoms with Crippen LogP contribution < -0.4 is 67.1 Å². The van der Waals surface area contributed by atoms with Gasteiger partial charge in [0.25, 0.3) is 23.6 Å². The highest BCUT2D eigenvalue weighted by atomic mass is 35.5. The van der Waals surface area contributed by atoms with E-state index in [9.17, 15) is 23.6 Å². The van der Waals surface area contributed by atoms with E-state index in [1.165, 1.54) is 17.2 Å². The highest BCUT2D eigenvalue weighted by molar-refractivity contribution is 6.33. The number of aromatic amines is 4. The van der Waals surface area contributed by atoms with Crippen LogP contribution in [0.5, 0.6) is 0 Å². The van der Waals surface area contributed by atoms with Crippen LogP contribution in [0.4, 0.5) is 4.39 Å². The third-order valence-electron chi connectivity index (χ3n) is 18.4. The number of nitrogens with two attached hydrogens (primary N) is 8. The Labute approximate surface area is 634 Å². The van der Waals surface area contributed by atoms with Gasteiger partial charge in [0.1, 0.15) is 28.6 Å². The molecule has 0 saturated heterocycles. The van der Waals surface area contributed by atoms with Crippen molar-refractivity contribution < 1.29 is 23.6 Å². The third-order valence-corrected chi connectivity index (χ3v) is 19.1. The lowest BCUT2D eigenvalue weighted by Gasteiger charge is -2.11. The van der Waals surface area contributed by atoms with Crippen molar-refractivity contribution in [1.29, 1.82) is 0 Å². The second-order valence-corrected chi connectivity index (χ2v) is 28.2. The van der Waals surface area contributed by atoms with Gasteiger partial charge in [0, 0.05) is 115 Å². The van der Waals surface area contributed by atoms with Gasteiger partial charge in [-0.15, -0.1) is 0 Å². The number of rotatable bonds is 28. The molecule has 0 unspecified atom stereocenters. The van der Waals surface area contributed by atoms with Crippen LogP contribution in [0.25, 0.3) is 88.1 Å². The zero-order chi connectivity index (χ0) is 76.7. The first-order valence-electron chi connectivity index (χ1n) is 36.3. The Balaban J connectivity index is 0.000000165. The van der Waals surface area contributed by atoms with Gasteiger partial charge in [-0.3, -0.25) is 19.2 Å². The lowest BCUT2D eigenvalue weighted by Crippen LogP contribution is -2.37. The molecule has 24 N–H and O–H groups in total. The Bertz CT molecular complexity index is 4830. The van der Waals surface area contributed by atoms with Crippen molar-refractivity contribution in [3.05, 3.63) is 237 Å². The highest BCUT2D eigenvalue weighted by Gasteiger charge is 2.18. The summed E-state index contributed by atoms with van der Waals surface area (Å²) in [4.78, 5) is 62.2. The Kier molecular flexibility index (Phi) is 30.0. The fourth-order valence-electron chi connectivity index (χ4n) is 12.2. The fraction of sp³-hybridized carbons (Fsp3) is 0.286. The molecule has 4 atom stereocenters. The van der Waals surface area contributed by atoms with Gasteiger partial charge in [-0.2, -0.15) is 0 Å². The number of nitrogens with one attached hydrogen (secondary N) is 8. The highest BCUT2D eigenvalue weighted by Crippen LogP contribution is 2.33.